The Labute approximate surface area is 322 Å². The third-order valence-corrected chi connectivity index (χ3v) is 8.06. The lowest BCUT2D eigenvalue weighted by Crippen LogP contribution is -2.59. The van der Waals surface area contributed by atoms with E-state index in [1.165, 1.54) is 11.8 Å². The number of aliphatic carboxylic acids is 6. The summed E-state index contributed by atoms with van der Waals surface area (Å²) in [5.74, 6) is -15.4. The number of carboxylic acids is 6. The van der Waals surface area contributed by atoms with Crippen molar-refractivity contribution in [3.8, 4) is 0 Å². The van der Waals surface area contributed by atoms with Gasteiger partial charge in [0.05, 0.1) is 6.42 Å². The first-order valence-electron chi connectivity index (χ1n) is 16.7. The van der Waals surface area contributed by atoms with Crippen LogP contribution in [0.15, 0.2) is 0 Å². The molecule has 0 aromatic rings. The lowest BCUT2D eigenvalue weighted by molar-refractivity contribution is -0.144. The zero-order valence-corrected chi connectivity index (χ0v) is 31.0. The second-order valence-corrected chi connectivity index (χ2v) is 13.0. The number of thioether (sulfide) groups is 1. The Balaban J connectivity index is 6.44. The van der Waals surface area contributed by atoms with Crippen LogP contribution in [0.2, 0.25) is 0 Å². The quantitative estimate of drug-likeness (QED) is 0.0351. The Hall–Kier alpha value is -6.01. The summed E-state index contributed by atoms with van der Waals surface area (Å²) in [5.41, 5.74) is 0. The number of rotatable bonds is 29. The van der Waals surface area contributed by atoms with E-state index in [1.807, 2.05) is 5.32 Å². The van der Waals surface area contributed by atoms with Crippen molar-refractivity contribution >= 4 is 83.0 Å². The van der Waals surface area contributed by atoms with Crippen molar-refractivity contribution in [2.45, 2.75) is 107 Å². The first-order chi connectivity index (χ1) is 26.1. The average Bonchev–Trinajstić information content (AvgIpc) is 3.08. The fraction of sp³-hybridized carbons (Fsp3) is 0.613. The van der Waals surface area contributed by atoms with E-state index in [4.69, 9.17) is 15.3 Å². The predicted octanol–water partition coefficient (Wildman–Crippen LogP) is -3.31. The molecule has 25 heteroatoms. The van der Waals surface area contributed by atoms with Crippen LogP contribution in [0.5, 0.6) is 0 Å². The van der Waals surface area contributed by atoms with E-state index in [9.17, 15) is 72.9 Å². The van der Waals surface area contributed by atoms with Gasteiger partial charge in [0.15, 0.2) is 0 Å². The molecule has 6 amide bonds. The lowest BCUT2D eigenvalue weighted by atomic mass is 10.0. The van der Waals surface area contributed by atoms with Crippen molar-refractivity contribution in [3.63, 3.8) is 0 Å². The van der Waals surface area contributed by atoms with Gasteiger partial charge >= 0.3 is 35.8 Å². The van der Waals surface area contributed by atoms with Crippen molar-refractivity contribution in [2.24, 2.45) is 0 Å². The third kappa shape index (κ3) is 21.6. The molecule has 6 atom stereocenters. The molecule has 0 rings (SSSR count). The van der Waals surface area contributed by atoms with Crippen LogP contribution >= 0.6 is 11.8 Å². The smallest absolute Gasteiger partial charge is 0.326 e. The molecule has 0 aliphatic rings. The van der Waals surface area contributed by atoms with Crippen molar-refractivity contribution < 1.29 is 88.2 Å². The molecule has 0 saturated heterocycles. The van der Waals surface area contributed by atoms with Crippen LogP contribution in [0, 0.1) is 0 Å². The fourth-order valence-electron chi connectivity index (χ4n) is 4.63. The highest BCUT2D eigenvalue weighted by Gasteiger charge is 2.34. The largest absolute Gasteiger partial charge is 0.481 e. The Morgan fingerprint density at radius 3 is 0.964 bits per heavy atom. The molecule has 0 aromatic heterocycles. The van der Waals surface area contributed by atoms with Crippen molar-refractivity contribution in [2.75, 3.05) is 12.0 Å². The zero-order chi connectivity index (χ0) is 43.1. The summed E-state index contributed by atoms with van der Waals surface area (Å²) in [6.45, 7) is 0.987. The molecule has 0 unspecified atom stereocenters. The maximum absolute atomic E-state index is 13.6. The van der Waals surface area contributed by atoms with Crippen molar-refractivity contribution in [1.29, 1.82) is 0 Å². The van der Waals surface area contributed by atoms with Crippen molar-refractivity contribution in [3.05, 3.63) is 0 Å². The van der Waals surface area contributed by atoms with Crippen LogP contribution in [0.25, 0.3) is 0 Å². The van der Waals surface area contributed by atoms with E-state index in [-0.39, 0.29) is 12.2 Å². The molecule has 0 saturated carbocycles. The van der Waals surface area contributed by atoms with Gasteiger partial charge in [-0.15, -0.1) is 0 Å². The van der Waals surface area contributed by atoms with E-state index >= 15 is 0 Å². The standard InChI is InChI=1S/C31H46N6O18S/c1-14(38)32-20(13-25(47)48)30(53)35-16(4-8-22(41)42)27(50)36-18(11-12-56-2)29(52)34-15(3-7-21(39)40)26(49)33-17(5-9-23(43)44)28(51)37-19(31(54)55)6-10-24(45)46/h15-20H,3-13H2,1-2H3,(H,32,38)(H,33,49)(H,34,52)(H,35,53)(H,36,50)(H,37,51)(H,39,40)(H,41,42)(H,43,44)(H,45,46)(H,47,48)(H,54,55)/t15-,16-,17-,18-,19-,20-/m0/s1. The van der Waals surface area contributed by atoms with Gasteiger partial charge in [0.2, 0.25) is 35.4 Å². The fourth-order valence-corrected chi connectivity index (χ4v) is 5.10. The highest BCUT2D eigenvalue weighted by Crippen LogP contribution is 2.09. The van der Waals surface area contributed by atoms with Gasteiger partial charge in [0.25, 0.3) is 0 Å². The maximum atomic E-state index is 13.6. The highest BCUT2D eigenvalue weighted by molar-refractivity contribution is 7.98. The predicted molar refractivity (Wildman–Crippen MR) is 188 cm³/mol. The van der Waals surface area contributed by atoms with Gasteiger partial charge in [-0.05, 0) is 44.1 Å². The number of amides is 6. The average molecular weight is 823 g/mol. The molecule has 0 aromatic carbocycles. The number of carboxylic acid groups (broad SMARTS) is 6. The molecular weight excluding hydrogens is 776 g/mol. The molecule has 56 heavy (non-hydrogen) atoms. The minimum Gasteiger partial charge on any atom is -0.481 e. The minimum atomic E-state index is -1.79. The maximum Gasteiger partial charge on any atom is 0.326 e. The normalized spacial score (nSPS) is 13.8. The van der Waals surface area contributed by atoms with Gasteiger partial charge in [-0.3, -0.25) is 52.7 Å². The van der Waals surface area contributed by atoms with Gasteiger partial charge in [0, 0.05) is 32.6 Å². The molecule has 0 aliphatic heterocycles. The Bertz CT molecular complexity index is 1480. The molecule has 0 aliphatic carbocycles. The van der Waals surface area contributed by atoms with Crippen LogP contribution in [0.1, 0.15) is 71.1 Å². The van der Waals surface area contributed by atoms with Gasteiger partial charge in [-0.1, -0.05) is 0 Å². The Morgan fingerprint density at radius 2 is 0.696 bits per heavy atom. The molecule has 12 N–H and O–H groups in total. The molecule has 0 heterocycles. The highest BCUT2D eigenvalue weighted by atomic mass is 32.2. The molecule has 0 fully saturated rings. The molecule has 314 valence electrons. The summed E-state index contributed by atoms with van der Waals surface area (Å²) >= 11 is 1.20. The van der Waals surface area contributed by atoms with Crippen LogP contribution < -0.4 is 31.9 Å². The third-order valence-electron chi connectivity index (χ3n) is 7.42. The van der Waals surface area contributed by atoms with E-state index in [0.29, 0.717) is 0 Å². The Kier molecular flexibility index (Phi) is 23.1. The number of hydrogen-bond donors (Lipinski definition) is 12. The van der Waals surface area contributed by atoms with E-state index < -0.39 is 165 Å². The molecule has 24 nitrogen and oxygen atoms in total. The molecule has 0 radical (unpaired) electrons. The summed E-state index contributed by atoms with van der Waals surface area (Å²) in [7, 11) is 0. The van der Waals surface area contributed by atoms with E-state index in [1.54, 1.807) is 6.26 Å². The van der Waals surface area contributed by atoms with Crippen molar-refractivity contribution in [1.82, 2.24) is 31.9 Å². The van der Waals surface area contributed by atoms with Gasteiger partial charge < -0.3 is 62.5 Å². The van der Waals surface area contributed by atoms with Crippen LogP contribution in [-0.2, 0) is 57.5 Å². The van der Waals surface area contributed by atoms with Crippen LogP contribution in [-0.4, -0.2) is 150 Å². The molecule has 0 bridgehead atoms. The van der Waals surface area contributed by atoms with Gasteiger partial charge in [0.1, 0.15) is 36.3 Å². The Morgan fingerprint density at radius 1 is 0.411 bits per heavy atom. The topological polar surface area (TPSA) is 398 Å². The van der Waals surface area contributed by atoms with Gasteiger partial charge in [-0.2, -0.15) is 11.8 Å². The summed E-state index contributed by atoms with van der Waals surface area (Å²) < 4.78 is 0. The monoisotopic (exact) mass is 822 g/mol. The summed E-state index contributed by atoms with van der Waals surface area (Å²) in [4.78, 5) is 146. The summed E-state index contributed by atoms with van der Waals surface area (Å²) in [6.07, 6.45) is -4.79. The number of carbonyl (C=O) groups is 12. The second kappa shape index (κ2) is 25.9. The molecule has 0 spiro atoms. The first kappa shape index (κ1) is 50.0. The summed E-state index contributed by atoms with van der Waals surface area (Å²) in [5, 5.41) is 68.0. The molecular formula is C31H46N6O18S. The minimum absolute atomic E-state index is 0.170. The number of carbonyl (C=O) groups excluding carboxylic acids is 6. The SMILES string of the molecule is CSCC[C@H](NC(=O)[C@H](CCC(=O)O)NC(=O)[C@H](CC(=O)O)NC(C)=O)C(=O)N[C@@H](CCC(=O)O)C(=O)N[C@@H](CCC(=O)O)C(=O)N[C@@H](CCC(=O)O)C(=O)O. The summed E-state index contributed by atoms with van der Waals surface area (Å²) in [6, 6.07) is -10.3. The number of nitrogens with one attached hydrogen (secondary N) is 6. The van der Waals surface area contributed by atoms with E-state index in [0.717, 1.165) is 6.92 Å². The van der Waals surface area contributed by atoms with E-state index in [2.05, 4.69) is 26.6 Å². The lowest BCUT2D eigenvalue weighted by Gasteiger charge is -2.27. The first-order valence-corrected chi connectivity index (χ1v) is 18.1. The second-order valence-electron chi connectivity index (χ2n) is 12.0. The van der Waals surface area contributed by atoms with Gasteiger partial charge in [-0.25, -0.2) is 4.79 Å². The van der Waals surface area contributed by atoms with Crippen LogP contribution in [0.3, 0.4) is 0 Å². The zero-order valence-electron chi connectivity index (χ0n) is 30.2. The number of hydrogen-bond acceptors (Lipinski definition) is 13. The van der Waals surface area contributed by atoms with Crippen LogP contribution in [0.4, 0.5) is 0 Å².